The van der Waals surface area contributed by atoms with E-state index in [4.69, 9.17) is 13.9 Å². The van der Waals surface area contributed by atoms with Crippen molar-refractivity contribution < 1.29 is 45.7 Å². The third-order valence-electron chi connectivity index (χ3n) is 8.40. The third kappa shape index (κ3) is 5.80. The molecule has 48 heavy (non-hydrogen) atoms. The zero-order valence-electron chi connectivity index (χ0n) is 25.2. The molecular weight excluding hydrogens is 643 g/mol. The number of aromatic nitrogens is 4. The molecule has 2 saturated heterocycles. The molecule has 0 spiro atoms. The highest BCUT2D eigenvalue weighted by Gasteiger charge is 2.43. The zero-order chi connectivity index (χ0) is 33.7. The van der Waals surface area contributed by atoms with E-state index in [2.05, 4.69) is 19.9 Å². The van der Waals surface area contributed by atoms with Gasteiger partial charge in [0.1, 0.15) is 34.6 Å². The number of fused-ring (bicyclic) bond motifs is 3. The molecule has 6 heterocycles. The number of carboxylic acids is 1. The summed E-state index contributed by atoms with van der Waals surface area (Å²) in [6.07, 6.45) is -5.92. The predicted octanol–water partition coefficient (Wildman–Crippen LogP) is 6.13. The third-order valence-corrected chi connectivity index (χ3v) is 8.40. The number of nitrogens with zero attached hydrogens (tertiary/aromatic N) is 6. The van der Waals surface area contributed by atoms with Crippen molar-refractivity contribution in [3.63, 3.8) is 0 Å². The number of benzene rings is 1. The number of rotatable bonds is 7. The summed E-state index contributed by atoms with van der Waals surface area (Å²) >= 11 is 0. The van der Waals surface area contributed by atoms with Crippen LogP contribution < -0.4 is 14.5 Å². The van der Waals surface area contributed by atoms with Gasteiger partial charge in [0, 0.05) is 42.4 Å². The number of hydrogen-bond acceptors (Lipinski definition) is 10. The molecule has 2 fully saturated rings. The normalized spacial score (nSPS) is 20.3. The lowest BCUT2D eigenvalue weighted by Crippen LogP contribution is -2.44. The van der Waals surface area contributed by atoms with Gasteiger partial charge < -0.3 is 28.8 Å². The minimum atomic E-state index is -4.92. The van der Waals surface area contributed by atoms with Crippen molar-refractivity contribution in [2.45, 2.75) is 44.1 Å². The van der Waals surface area contributed by atoms with E-state index in [1.807, 2.05) is 11.8 Å². The Morgan fingerprint density at radius 2 is 1.90 bits per heavy atom. The molecule has 2 aliphatic rings. The lowest BCUT2D eigenvalue weighted by atomic mass is 10.1. The minimum Gasteiger partial charge on any atom is -0.480 e. The van der Waals surface area contributed by atoms with Crippen LogP contribution in [0.25, 0.3) is 33.2 Å². The Bertz CT molecular complexity index is 2010. The van der Waals surface area contributed by atoms with Crippen LogP contribution in [0.3, 0.4) is 0 Å². The van der Waals surface area contributed by atoms with Crippen molar-refractivity contribution >= 4 is 39.5 Å². The second kappa shape index (κ2) is 12.2. The fourth-order valence-electron chi connectivity index (χ4n) is 6.13. The fraction of sp³-hybridized carbons (Fsp3) is 0.344. The van der Waals surface area contributed by atoms with E-state index in [0.29, 0.717) is 42.0 Å². The largest absolute Gasteiger partial charge is 0.480 e. The standard InChI is InChI=1S/C32H27F5N6O5/c1-16-15-46-9-8-42(16)22-11-18(17-6-7-38-21(10-17)27(33)34)13-39-29(22)47-19-12-23(30(44)45)43(14-19)28-26-25(40-31(41-28)32(35,36)37)20-4-2-3-5-24(20)48-26/h2-7,10-11,13,16,19,23,27H,8-9,12,14-15H2,1H3,(H,44,45)/t16-,19?,23-/m0/s1. The summed E-state index contributed by atoms with van der Waals surface area (Å²) in [5.41, 5.74) is 1.19. The molecule has 1 N–H and O–H groups in total. The van der Waals surface area contributed by atoms with Gasteiger partial charge in [-0.1, -0.05) is 12.1 Å². The summed E-state index contributed by atoms with van der Waals surface area (Å²) in [6, 6.07) is 9.57. The summed E-state index contributed by atoms with van der Waals surface area (Å²) < 4.78 is 86.6. The van der Waals surface area contributed by atoms with Crippen LogP contribution in [0.15, 0.2) is 59.3 Å². The van der Waals surface area contributed by atoms with Crippen molar-refractivity contribution in [2.75, 3.05) is 36.1 Å². The number of aliphatic carboxylic acids is 1. The van der Waals surface area contributed by atoms with E-state index in [-0.39, 0.29) is 47.4 Å². The summed E-state index contributed by atoms with van der Waals surface area (Å²) in [6.45, 7) is 3.03. The van der Waals surface area contributed by atoms with E-state index >= 15 is 0 Å². The number of pyridine rings is 2. The van der Waals surface area contributed by atoms with Crippen LogP contribution in [-0.4, -0.2) is 75.5 Å². The number of morpholine rings is 1. The molecule has 1 aromatic carbocycles. The van der Waals surface area contributed by atoms with E-state index in [1.165, 1.54) is 23.4 Å². The monoisotopic (exact) mass is 670 g/mol. The smallest absolute Gasteiger partial charge is 0.451 e. The quantitative estimate of drug-likeness (QED) is 0.201. The van der Waals surface area contributed by atoms with Crippen LogP contribution >= 0.6 is 0 Å². The molecule has 4 aromatic heterocycles. The number of furan rings is 1. The Morgan fingerprint density at radius 1 is 1.08 bits per heavy atom. The summed E-state index contributed by atoms with van der Waals surface area (Å²) in [5, 5.41) is 10.5. The first kappa shape index (κ1) is 31.5. The lowest BCUT2D eigenvalue weighted by molar-refractivity contribution is -0.144. The fourth-order valence-corrected chi connectivity index (χ4v) is 6.13. The second-order valence-corrected chi connectivity index (χ2v) is 11.6. The molecule has 0 bridgehead atoms. The topological polar surface area (TPSA) is 127 Å². The Labute approximate surface area is 268 Å². The maximum Gasteiger partial charge on any atom is 0.451 e. The Kier molecular flexibility index (Phi) is 7.97. The molecule has 0 saturated carbocycles. The first-order valence-corrected chi connectivity index (χ1v) is 15.0. The van der Waals surface area contributed by atoms with Crippen molar-refractivity contribution in [1.82, 2.24) is 19.9 Å². The van der Waals surface area contributed by atoms with Crippen LogP contribution in [-0.2, 0) is 15.7 Å². The van der Waals surface area contributed by atoms with Gasteiger partial charge in [-0.25, -0.2) is 28.5 Å². The first-order chi connectivity index (χ1) is 23.0. The SMILES string of the molecule is C[C@H]1COCCN1c1cc(-c2ccnc(C(F)F)c2)cnc1OC1C[C@@H](C(=O)O)N(c2nc(C(F)(F)F)nc3c2oc2ccccc23)C1. The van der Waals surface area contributed by atoms with Gasteiger partial charge in [0.15, 0.2) is 11.4 Å². The molecular formula is C32H27F5N6O5. The van der Waals surface area contributed by atoms with Gasteiger partial charge in [-0.05, 0) is 42.8 Å². The zero-order valence-corrected chi connectivity index (χ0v) is 25.2. The highest BCUT2D eigenvalue weighted by atomic mass is 19.4. The lowest BCUT2D eigenvalue weighted by Gasteiger charge is -2.36. The highest BCUT2D eigenvalue weighted by Crippen LogP contribution is 2.41. The molecule has 3 atom stereocenters. The van der Waals surface area contributed by atoms with Crippen LogP contribution in [0, 0.1) is 0 Å². The van der Waals surface area contributed by atoms with Gasteiger partial charge >= 0.3 is 12.1 Å². The molecule has 0 aliphatic carbocycles. The predicted molar refractivity (Wildman–Crippen MR) is 162 cm³/mol. The van der Waals surface area contributed by atoms with E-state index in [1.54, 1.807) is 36.4 Å². The van der Waals surface area contributed by atoms with E-state index in [9.17, 15) is 31.9 Å². The number of anilines is 2. The number of carbonyl (C=O) groups is 1. The minimum absolute atomic E-state index is 0.0815. The average Bonchev–Trinajstić information content (AvgIpc) is 3.66. The number of hydrogen-bond donors (Lipinski definition) is 1. The first-order valence-electron chi connectivity index (χ1n) is 15.0. The van der Waals surface area contributed by atoms with Gasteiger partial charge in [0.2, 0.25) is 11.7 Å². The maximum absolute atomic E-state index is 14.0. The van der Waals surface area contributed by atoms with Crippen LogP contribution in [0.1, 0.15) is 31.3 Å². The Balaban J connectivity index is 1.27. The number of halogens is 5. The van der Waals surface area contributed by atoms with Gasteiger partial charge in [-0.15, -0.1) is 0 Å². The van der Waals surface area contributed by atoms with Crippen LogP contribution in [0.5, 0.6) is 5.88 Å². The average molecular weight is 671 g/mol. The molecule has 0 amide bonds. The number of para-hydroxylation sites is 1. The van der Waals surface area contributed by atoms with Crippen molar-refractivity contribution in [3.8, 4) is 17.0 Å². The molecule has 11 nitrogen and oxygen atoms in total. The van der Waals surface area contributed by atoms with Crippen molar-refractivity contribution in [3.05, 3.63) is 66.4 Å². The van der Waals surface area contributed by atoms with Gasteiger partial charge in [-0.3, -0.25) is 4.98 Å². The van der Waals surface area contributed by atoms with Gasteiger partial charge in [0.25, 0.3) is 6.43 Å². The molecule has 7 rings (SSSR count). The molecule has 2 aliphatic heterocycles. The number of carboxylic acid groups (broad SMARTS) is 1. The van der Waals surface area contributed by atoms with Crippen LogP contribution in [0.4, 0.5) is 33.5 Å². The molecule has 0 radical (unpaired) electrons. The van der Waals surface area contributed by atoms with Gasteiger partial charge in [0.05, 0.1) is 19.8 Å². The van der Waals surface area contributed by atoms with Crippen LogP contribution in [0.2, 0.25) is 0 Å². The molecule has 1 unspecified atom stereocenters. The highest BCUT2D eigenvalue weighted by molar-refractivity contribution is 6.06. The Hall–Kier alpha value is -5.12. The molecule has 5 aromatic rings. The maximum atomic E-state index is 14.0. The number of ether oxygens (including phenoxy) is 2. The summed E-state index contributed by atoms with van der Waals surface area (Å²) in [5.74, 6) is -2.91. The van der Waals surface area contributed by atoms with E-state index in [0.717, 1.165) is 0 Å². The van der Waals surface area contributed by atoms with Gasteiger partial charge in [-0.2, -0.15) is 13.2 Å². The van der Waals surface area contributed by atoms with E-state index < -0.39 is 42.2 Å². The Morgan fingerprint density at radius 3 is 2.65 bits per heavy atom. The molecule has 16 heteroatoms. The second-order valence-electron chi connectivity index (χ2n) is 11.6. The summed E-state index contributed by atoms with van der Waals surface area (Å²) in [7, 11) is 0. The number of alkyl halides is 5. The summed E-state index contributed by atoms with van der Waals surface area (Å²) in [4.78, 5) is 31.5. The molecule has 250 valence electrons. The van der Waals surface area contributed by atoms with Crippen molar-refractivity contribution in [2.24, 2.45) is 0 Å². The van der Waals surface area contributed by atoms with Crippen molar-refractivity contribution in [1.29, 1.82) is 0 Å².